The van der Waals surface area contributed by atoms with Crippen LogP contribution in [0.25, 0.3) is 0 Å². The highest BCUT2D eigenvalue weighted by atomic mass is 16.2. The number of carbonyl (C=O) groups excluding carboxylic acids is 2. The van der Waals surface area contributed by atoms with Gasteiger partial charge in [-0.25, -0.2) is 4.79 Å². The maximum Gasteiger partial charge on any atom is 0.317 e. The number of amides is 3. The van der Waals surface area contributed by atoms with Crippen molar-refractivity contribution in [3.05, 3.63) is 35.9 Å². The molecule has 1 aromatic carbocycles. The van der Waals surface area contributed by atoms with Gasteiger partial charge in [0.1, 0.15) is 0 Å². The highest BCUT2D eigenvalue weighted by Gasteiger charge is 2.25. The van der Waals surface area contributed by atoms with Crippen LogP contribution in [-0.2, 0) is 4.79 Å². The van der Waals surface area contributed by atoms with E-state index in [2.05, 4.69) is 5.32 Å². The van der Waals surface area contributed by atoms with Crippen LogP contribution in [0, 0.1) is 0 Å². The summed E-state index contributed by atoms with van der Waals surface area (Å²) in [7, 11) is 3.41. The normalized spacial score (nSPS) is 16.1. The van der Waals surface area contributed by atoms with Crippen LogP contribution in [0.15, 0.2) is 30.3 Å². The summed E-state index contributed by atoms with van der Waals surface area (Å²) in [4.78, 5) is 27.0. The Balaban J connectivity index is 2.11. The van der Waals surface area contributed by atoms with Gasteiger partial charge in [-0.15, -0.1) is 0 Å². The Morgan fingerprint density at radius 2 is 2.05 bits per heavy atom. The summed E-state index contributed by atoms with van der Waals surface area (Å²) in [6.45, 7) is 1.31. The molecule has 1 aromatic rings. The lowest BCUT2D eigenvalue weighted by molar-refractivity contribution is -0.128. The van der Waals surface area contributed by atoms with Crippen molar-refractivity contribution >= 4 is 11.9 Å². The number of rotatable bonds is 4. The van der Waals surface area contributed by atoms with E-state index in [1.807, 2.05) is 35.2 Å². The van der Waals surface area contributed by atoms with Gasteiger partial charge < -0.3 is 15.1 Å². The molecule has 1 aliphatic heterocycles. The summed E-state index contributed by atoms with van der Waals surface area (Å²) in [5, 5.41) is 2.97. The maximum atomic E-state index is 11.9. The summed E-state index contributed by atoms with van der Waals surface area (Å²) in [5.41, 5.74) is 1.02. The minimum atomic E-state index is -0.173. The Labute approximate surface area is 119 Å². The number of hydrogen-bond donors (Lipinski definition) is 1. The van der Waals surface area contributed by atoms with Crippen LogP contribution in [0.3, 0.4) is 0 Å². The molecule has 0 radical (unpaired) electrons. The zero-order valence-electron chi connectivity index (χ0n) is 12.0. The fourth-order valence-corrected chi connectivity index (χ4v) is 2.32. The Hall–Kier alpha value is -2.04. The topological polar surface area (TPSA) is 52.7 Å². The first-order valence-electron chi connectivity index (χ1n) is 6.88. The van der Waals surface area contributed by atoms with Crippen LogP contribution < -0.4 is 5.32 Å². The van der Waals surface area contributed by atoms with Gasteiger partial charge in [-0.3, -0.25) is 4.79 Å². The van der Waals surface area contributed by atoms with Crippen LogP contribution in [0.1, 0.15) is 24.4 Å². The lowest BCUT2D eigenvalue weighted by atomic mass is 10.1. The van der Waals surface area contributed by atoms with E-state index < -0.39 is 0 Å². The van der Waals surface area contributed by atoms with Crippen molar-refractivity contribution in [2.75, 3.05) is 27.2 Å². The van der Waals surface area contributed by atoms with Gasteiger partial charge in [-0.1, -0.05) is 30.3 Å². The first-order valence-corrected chi connectivity index (χ1v) is 6.88. The minimum Gasteiger partial charge on any atom is -0.340 e. The van der Waals surface area contributed by atoms with Crippen molar-refractivity contribution < 1.29 is 9.59 Å². The molecule has 1 heterocycles. The van der Waals surface area contributed by atoms with Crippen molar-refractivity contribution in [2.45, 2.75) is 18.9 Å². The molecule has 2 rings (SSSR count). The van der Waals surface area contributed by atoms with Crippen molar-refractivity contribution in [3.8, 4) is 0 Å². The standard InChI is InChI=1S/C15H21N3O2/c1-17(2)15(20)16-13(12-7-4-3-5-8-12)11-18-10-6-9-14(18)19/h3-5,7-8,13H,6,9-11H2,1-2H3,(H,16,20). The molecule has 5 nitrogen and oxygen atoms in total. The Morgan fingerprint density at radius 3 is 2.60 bits per heavy atom. The van der Waals surface area contributed by atoms with Crippen molar-refractivity contribution in [3.63, 3.8) is 0 Å². The lowest BCUT2D eigenvalue weighted by Gasteiger charge is -2.26. The predicted octanol–water partition coefficient (Wildman–Crippen LogP) is 1.62. The molecule has 0 aromatic heterocycles. The molecule has 0 aliphatic carbocycles. The van der Waals surface area contributed by atoms with Crippen LogP contribution in [-0.4, -0.2) is 48.9 Å². The molecule has 0 bridgehead atoms. The van der Waals surface area contributed by atoms with E-state index in [9.17, 15) is 9.59 Å². The van der Waals surface area contributed by atoms with Gasteiger partial charge in [-0.05, 0) is 12.0 Å². The first-order chi connectivity index (χ1) is 9.58. The van der Waals surface area contributed by atoms with Gasteiger partial charge in [0, 0.05) is 33.6 Å². The predicted molar refractivity (Wildman–Crippen MR) is 77.2 cm³/mol. The van der Waals surface area contributed by atoms with Crippen molar-refractivity contribution in [1.29, 1.82) is 0 Å². The second-order valence-corrected chi connectivity index (χ2v) is 5.25. The van der Waals surface area contributed by atoms with Gasteiger partial charge in [0.2, 0.25) is 5.91 Å². The van der Waals surface area contributed by atoms with E-state index in [1.54, 1.807) is 14.1 Å². The van der Waals surface area contributed by atoms with Gasteiger partial charge in [0.15, 0.2) is 0 Å². The second kappa shape index (κ2) is 6.41. The molecule has 1 atom stereocenters. The van der Waals surface area contributed by atoms with Crippen molar-refractivity contribution in [1.82, 2.24) is 15.1 Å². The monoisotopic (exact) mass is 275 g/mol. The van der Waals surface area contributed by atoms with Crippen LogP contribution in [0.2, 0.25) is 0 Å². The van der Waals surface area contributed by atoms with Crippen LogP contribution in [0.4, 0.5) is 4.79 Å². The number of nitrogens with zero attached hydrogens (tertiary/aromatic N) is 2. The fourth-order valence-electron chi connectivity index (χ4n) is 2.32. The Bertz CT molecular complexity index is 473. The number of nitrogens with one attached hydrogen (secondary N) is 1. The lowest BCUT2D eigenvalue weighted by Crippen LogP contribution is -2.42. The second-order valence-electron chi connectivity index (χ2n) is 5.25. The number of hydrogen-bond acceptors (Lipinski definition) is 2. The molecule has 108 valence electrons. The van der Waals surface area contributed by atoms with E-state index in [0.717, 1.165) is 18.5 Å². The van der Waals surface area contributed by atoms with Gasteiger partial charge in [-0.2, -0.15) is 0 Å². The van der Waals surface area contributed by atoms with Crippen LogP contribution >= 0.6 is 0 Å². The zero-order chi connectivity index (χ0) is 14.5. The third-order valence-electron chi connectivity index (χ3n) is 3.48. The number of likely N-dealkylation sites (tertiary alicyclic amines) is 1. The van der Waals surface area contributed by atoms with Gasteiger partial charge >= 0.3 is 6.03 Å². The smallest absolute Gasteiger partial charge is 0.317 e. The SMILES string of the molecule is CN(C)C(=O)NC(CN1CCCC1=O)c1ccccc1. The molecule has 1 unspecified atom stereocenters. The third kappa shape index (κ3) is 3.50. The summed E-state index contributed by atoms with van der Waals surface area (Å²) < 4.78 is 0. The largest absolute Gasteiger partial charge is 0.340 e. The first kappa shape index (κ1) is 14.4. The number of urea groups is 1. The Kier molecular flexibility index (Phi) is 4.61. The third-order valence-corrected chi connectivity index (χ3v) is 3.48. The summed E-state index contributed by atoms with van der Waals surface area (Å²) in [6, 6.07) is 9.45. The highest BCUT2D eigenvalue weighted by Crippen LogP contribution is 2.18. The molecular formula is C15H21N3O2. The van der Waals surface area contributed by atoms with E-state index in [1.165, 1.54) is 4.90 Å². The van der Waals surface area contributed by atoms with E-state index in [4.69, 9.17) is 0 Å². The molecule has 1 saturated heterocycles. The number of carbonyl (C=O) groups is 2. The molecule has 3 amide bonds. The quantitative estimate of drug-likeness (QED) is 0.908. The molecular weight excluding hydrogens is 254 g/mol. The zero-order valence-corrected chi connectivity index (χ0v) is 12.0. The Morgan fingerprint density at radius 1 is 1.35 bits per heavy atom. The molecule has 0 spiro atoms. The van der Waals surface area contributed by atoms with E-state index in [0.29, 0.717) is 13.0 Å². The molecule has 5 heteroatoms. The van der Waals surface area contributed by atoms with Crippen molar-refractivity contribution in [2.24, 2.45) is 0 Å². The molecule has 1 aliphatic rings. The minimum absolute atomic E-state index is 0.148. The highest BCUT2D eigenvalue weighted by molar-refractivity contribution is 5.78. The van der Waals surface area contributed by atoms with Crippen LogP contribution in [0.5, 0.6) is 0 Å². The summed E-state index contributed by atoms with van der Waals surface area (Å²) in [5.74, 6) is 0.171. The maximum absolute atomic E-state index is 11.9. The average Bonchev–Trinajstić information content (AvgIpc) is 2.84. The molecule has 0 saturated carbocycles. The van der Waals surface area contributed by atoms with E-state index >= 15 is 0 Å². The van der Waals surface area contributed by atoms with Gasteiger partial charge in [0.05, 0.1) is 6.04 Å². The number of benzene rings is 1. The average molecular weight is 275 g/mol. The summed E-state index contributed by atoms with van der Waals surface area (Å²) in [6.07, 6.45) is 1.52. The van der Waals surface area contributed by atoms with Gasteiger partial charge in [0.25, 0.3) is 0 Å². The summed E-state index contributed by atoms with van der Waals surface area (Å²) >= 11 is 0. The molecule has 1 fully saturated rings. The van der Waals surface area contributed by atoms with E-state index in [-0.39, 0.29) is 18.0 Å². The molecule has 20 heavy (non-hydrogen) atoms. The fraction of sp³-hybridized carbons (Fsp3) is 0.467. The molecule has 1 N–H and O–H groups in total.